The summed E-state index contributed by atoms with van der Waals surface area (Å²) in [6.45, 7) is 5.53. The number of nitrogens with one attached hydrogen (secondary N) is 1. The normalized spacial score (nSPS) is 11.0. The zero-order valence-corrected chi connectivity index (χ0v) is 26.7. The Morgan fingerprint density at radius 3 is 2.32 bits per heavy atom. The van der Waals surface area contributed by atoms with Crippen LogP contribution in [0.15, 0.2) is 108 Å². The van der Waals surface area contributed by atoms with Gasteiger partial charge in [-0.1, -0.05) is 72.8 Å². The van der Waals surface area contributed by atoms with E-state index in [-0.39, 0.29) is 5.91 Å². The first-order chi connectivity index (χ1) is 21.6. The molecular formula is C36H33IN2O5. The Labute approximate surface area is 270 Å². The minimum absolute atomic E-state index is 0.369. The molecule has 7 nitrogen and oxygen atoms in total. The molecule has 1 N–H and O–H groups in total. The van der Waals surface area contributed by atoms with Crippen LogP contribution in [0.2, 0.25) is 0 Å². The van der Waals surface area contributed by atoms with Crippen LogP contribution in [0.4, 0.5) is 0 Å². The van der Waals surface area contributed by atoms with Crippen LogP contribution in [0.1, 0.15) is 40.9 Å². The third-order valence-corrected chi connectivity index (χ3v) is 7.51. The lowest BCUT2D eigenvalue weighted by atomic mass is 10.1. The summed E-state index contributed by atoms with van der Waals surface area (Å²) in [5.41, 5.74) is 5.90. The molecule has 0 saturated heterocycles. The number of hydrogen-bond acceptors (Lipinski definition) is 6. The largest absolute Gasteiger partial charge is 0.490 e. The molecule has 5 rings (SSSR count). The van der Waals surface area contributed by atoms with Crippen LogP contribution in [0.25, 0.3) is 10.8 Å². The fourth-order valence-corrected chi connectivity index (χ4v) is 5.42. The highest BCUT2D eigenvalue weighted by Crippen LogP contribution is 2.35. The van der Waals surface area contributed by atoms with Crippen LogP contribution in [0, 0.1) is 3.57 Å². The zero-order valence-electron chi connectivity index (χ0n) is 24.6. The van der Waals surface area contributed by atoms with E-state index in [1.165, 1.54) is 5.39 Å². The summed E-state index contributed by atoms with van der Waals surface area (Å²) >= 11 is 2.23. The molecule has 5 aromatic carbocycles. The Kier molecular flexibility index (Phi) is 10.7. The maximum absolute atomic E-state index is 12.9. The standard InChI is InChI=1S/C36H33IN2O5/c1-3-41-33-21-28(17-18-32(33)43-23-25-11-6-5-7-12-25)36(40)39-38-22-26-19-31(37)35(34(20-26)42-4-2)44-24-29-15-10-14-27-13-8-9-16-30(27)29/h5-22H,3-4,23-24H2,1-2H3,(H,39,40)/b38-22+. The van der Waals surface area contributed by atoms with Gasteiger partial charge in [0.25, 0.3) is 5.91 Å². The molecule has 0 aliphatic heterocycles. The number of hydrazone groups is 1. The fourth-order valence-electron chi connectivity index (χ4n) is 4.64. The Bertz CT molecular complexity index is 1750. The summed E-state index contributed by atoms with van der Waals surface area (Å²) in [7, 11) is 0. The average Bonchev–Trinajstić information content (AvgIpc) is 3.04. The van der Waals surface area contributed by atoms with Gasteiger partial charge in [-0.05, 0) is 94.2 Å². The first-order valence-electron chi connectivity index (χ1n) is 14.4. The van der Waals surface area contributed by atoms with Gasteiger partial charge in [0.1, 0.15) is 13.2 Å². The lowest BCUT2D eigenvalue weighted by molar-refractivity contribution is 0.0954. The monoisotopic (exact) mass is 700 g/mol. The number of hydrogen-bond donors (Lipinski definition) is 1. The van der Waals surface area contributed by atoms with Gasteiger partial charge in [0.15, 0.2) is 23.0 Å². The van der Waals surface area contributed by atoms with Gasteiger partial charge in [-0.25, -0.2) is 5.43 Å². The van der Waals surface area contributed by atoms with Crippen LogP contribution >= 0.6 is 22.6 Å². The molecule has 1 amide bonds. The highest BCUT2D eigenvalue weighted by atomic mass is 127. The predicted octanol–water partition coefficient (Wildman–Crippen LogP) is 8.16. The number of benzene rings is 5. The van der Waals surface area contributed by atoms with Crippen molar-refractivity contribution in [2.24, 2.45) is 5.10 Å². The Morgan fingerprint density at radius 2 is 1.50 bits per heavy atom. The third kappa shape index (κ3) is 7.87. The second-order valence-electron chi connectivity index (χ2n) is 9.76. The summed E-state index contributed by atoms with van der Waals surface area (Å²) in [6.07, 6.45) is 1.58. The SMILES string of the molecule is CCOc1cc(C(=O)N/N=C/c2cc(I)c(OCc3cccc4ccccc34)c(OCC)c2)ccc1OCc1ccccc1. The molecule has 8 heteroatoms. The van der Waals surface area contributed by atoms with Gasteiger partial charge >= 0.3 is 0 Å². The van der Waals surface area contributed by atoms with Gasteiger partial charge in [0.05, 0.1) is 23.0 Å². The molecule has 0 radical (unpaired) electrons. The van der Waals surface area contributed by atoms with E-state index in [0.717, 1.165) is 25.6 Å². The third-order valence-electron chi connectivity index (χ3n) is 6.71. The number of fused-ring (bicyclic) bond motifs is 1. The summed E-state index contributed by atoms with van der Waals surface area (Å²) in [6, 6.07) is 33.2. The van der Waals surface area contributed by atoms with Crippen molar-refractivity contribution in [3.8, 4) is 23.0 Å². The zero-order chi connectivity index (χ0) is 30.7. The lowest BCUT2D eigenvalue weighted by Crippen LogP contribution is -2.17. The quantitative estimate of drug-likeness (QED) is 0.0762. The number of nitrogens with zero attached hydrogens (tertiary/aromatic N) is 1. The van der Waals surface area contributed by atoms with E-state index >= 15 is 0 Å². The van der Waals surface area contributed by atoms with Crippen molar-refractivity contribution in [1.82, 2.24) is 5.43 Å². The minimum Gasteiger partial charge on any atom is -0.490 e. The molecule has 0 spiro atoms. The van der Waals surface area contributed by atoms with Gasteiger partial charge in [-0.3, -0.25) is 4.79 Å². The Balaban J connectivity index is 1.26. The van der Waals surface area contributed by atoms with Crippen LogP contribution in [0.5, 0.6) is 23.0 Å². The highest BCUT2D eigenvalue weighted by Gasteiger charge is 2.14. The minimum atomic E-state index is -0.369. The summed E-state index contributed by atoms with van der Waals surface area (Å²) < 4.78 is 24.8. The molecule has 0 heterocycles. The molecule has 0 aliphatic rings. The van der Waals surface area contributed by atoms with Crippen molar-refractivity contribution in [2.75, 3.05) is 13.2 Å². The molecular weight excluding hydrogens is 667 g/mol. The van der Waals surface area contributed by atoms with Crippen molar-refractivity contribution in [3.63, 3.8) is 0 Å². The molecule has 44 heavy (non-hydrogen) atoms. The number of rotatable bonds is 13. The van der Waals surface area contributed by atoms with Crippen LogP contribution < -0.4 is 24.4 Å². The van der Waals surface area contributed by atoms with Gasteiger partial charge < -0.3 is 18.9 Å². The topological polar surface area (TPSA) is 78.4 Å². The van der Waals surface area contributed by atoms with Crippen LogP contribution in [-0.4, -0.2) is 25.3 Å². The Morgan fingerprint density at radius 1 is 0.750 bits per heavy atom. The molecule has 0 atom stereocenters. The van der Waals surface area contributed by atoms with E-state index in [1.54, 1.807) is 24.4 Å². The van der Waals surface area contributed by atoms with E-state index in [4.69, 9.17) is 18.9 Å². The number of carbonyl (C=O) groups is 1. The predicted molar refractivity (Wildman–Crippen MR) is 182 cm³/mol. The fraction of sp³-hybridized carbons (Fsp3) is 0.167. The number of amides is 1. The van der Waals surface area contributed by atoms with E-state index in [9.17, 15) is 4.79 Å². The molecule has 0 unspecified atom stereocenters. The first kappa shape index (κ1) is 30.9. The second-order valence-corrected chi connectivity index (χ2v) is 10.9. The van der Waals surface area contributed by atoms with E-state index < -0.39 is 0 Å². The summed E-state index contributed by atoms with van der Waals surface area (Å²) in [5.74, 6) is 1.97. The second kappa shape index (κ2) is 15.2. The summed E-state index contributed by atoms with van der Waals surface area (Å²) in [5, 5.41) is 6.52. The Hall–Kier alpha value is -4.57. The molecule has 0 aliphatic carbocycles. The first-order valence-corrected chi connectivity index (χ1v) is 15.5. The van der Waals surface area contributed by atoms with Crippen molar-refractivity contribution in [2.45, 2.75) is 27.1 Å². The van der Waals surface area contributed by atoms with E-state index in [1.807, 2.05) is 74.5 Å². The van der Waals surface area contributed by atoms with Crippen molar-refractivity contribution < 1.29 is 23.7 Å². The van der Waals surface area contributed by atoms with Crippen molar-refractivity contribution >= 4 is 45.5 Å². The molecule has 0 aromatic heterocycles. The number of ether oxygens (including phenoxy) is 4. The maximum Gasteiger partial charge on any atom is 0.271 e. The lowest BCUT2D eigenvalue weighted by Gasteiger charge is -2.15. The molecule has 0 bridgehead atoms. The molecule has 224 valence electrons. The molecule has 0 fully saturated rings. The van der Waals surface area contributed by atoms with Gasteiger partial charge in [-0.2, -0.15) is 5.10 Å². The average molecular weight is 701 g/mol. The van der Waals surface area contributed by atoms with E-state index in [2.05, 4.69) is 57.4 Å². The molecule has 0 saturated carbocycles. The van der Waals surface area contributed by atoms with Gasteiger partial charge in [-0.15, -0.1) is 0 Å². The smallest absolute Gasteiger partial charge is 0.271 e. The van der Waals surface area contributed by atoms with Crippen LogP contribution in [0.3, 0.4) is 0 Å². The highest BCUT2D eigenvalue weighted by molar-refractivity contribution is 14.1. The van der Waals surface area contributed by atoms with Gasteiger partial charge in [0.2, 0.25) is 0 Å². The van der Waals surface area contributed by atoms with E-state index in [0.29, 0.717) is 55.0 Å². The van der Waals surface area contributed by atoms with Crippen LogP contribution in [-0.2, 0) is 13.2 Å². The number of carbonyl (C=O) groups excluding carboxylic acids is 1. The maximum atomic E-state index is 12.9. The van der Waals surface area contributed by atoms with Gasteiger partial charge in [0, 0.05) is 5.56 Å². The van der Waals surface area contributed by atoms with Crippen molar-refractivity contribution in [3.05, 3.63) is 129 Å². The summed E-state index contributed by atoms with van der Waals surface area (Å²) in [4.78, 5) is 12.9. The number of halogens is 1. The van der Waals surface area contributed by atoms with Crippen molar-refractivity contribution in [1.29, 1.82) is 0 Å². The molecule has 5 aromatic rings.